The Morgan fingerprint density at radius 2 is 2.04 bits per heavy atom. The Kier molecular flexibility index (Phi) is 4.70. The quantitative estimate of drug-likeness (QED) is 0.889. The Balaban J connectivity index is 1.81. The van der Waals surface area contributed by atoms with Gasteiger partial charge in [0.15, 0.2) is 0 Å². The van der Waals surface area contributed by atoms with Gasteiger partial charge in [-0.25, -0.2) is 8.42 Å². The van der Waals surface area contributed by atoms with E-state index in [2.05, 4.69) is 5.32 Å². The summed E-state index contributed by atoms with van der Waals surface area (Å²) in [7, 11) is -1.88. The third-order valence-electron chi connectivity index (χ3n) is 4.62. The van der Waals surface area contributed by atoms with Crippen molar-refractivity contribution < 1.29 is 17.9 Å². The number of piperidine rings is 1. The second-order valence-electron chi connectivity index (χ2n) is 6.13. The minimum absolute atomic E-state index is 0.192. The average Bonchev–Trinajstić information content (AvgIpc) is 2.56. The fourth-order valence-electron chi connectivity index (χ4n) is 3.25. The molecule has 2 heterocycles. The molecule has 1 saturated heterocycles. The minimum Gasteiger partial charge on any atom is -0.384 e. The maximum absolute atomic E-state index is 12.8. The van der Waals surface area contributed by atoms with E-state index in [1.807, 2.05) is 0 Å². The van der Waals surface area contributed by atoms with Crippen molar-refractivity contribution >= 4 is 15.9 Å². The molecule has 1 fully saturated rings. The summed E-state index contributed by atoms with van der Waals surface area (Å²) in [5, 5.41) is 2.75. The summed E-state index contributed by atoms with van der Waals surface area (Å²) in [5.74, 6) is 0.225. The lowest BCUT2D eigenvalue weighted by Crippen LogP contribution is -2.39. The molecular formula is C16H22N2O4S. The van der Waals surface area contributed by atoms with Crippen molar-refractivity contribution in [1.29, 1.82) is 0 Å². The molecule has 6 nitrogen and oxygen atoms in total. The van der Waals surface area contributed by atoms with Gasteiger partial charge in [0, 0.05) is 38.9 Å². The second kappa shape index (κ2) is 6.59. The Hall–Kier alpha value is -1.44. The molecule has 1 N–H and O–H groups in total. The molecule has 0 radical (unpaired) electrons. The lowest BCUT2D eigenvalue weighted by atomic mass is 9.99. The van der Waals surface area contributed by atoms with E-state index in [0.717, 1.165) is 24.8 Å². The number of hydrogen-bond acceptors (Lipinski definition) is 4. The van der Waals surface area contributed by atoms with Gasteiger partial charge in [0.05, 0.1) is 4.90 Å². The third kappa shape index (κ3) is 3.27. The number of carbonyl (C=O) groups is 1. The molecule has 0 aromatic heterocycles. The number of benzene rings is 1. The highest BCUT2D eigenvalue weighted by Gasteiger charge is 2.30. The van der Waals surface area contributed by atoms with Crippen LogP contribution in [0.3, 0.4) is 0 Å². The molecule has 7 heteroatoms. The van der Waals surface area contributed by atoms with Crippen LogP contribution in [0.1, 0.15) is 28.8 Å². The lowest BCUT2D eigenvalue weighted by Gasteiger charge is -2.31. The zero-order valence-electron chi connectivity index (χ0n) is 13.2. The first kappa shape index (κ1) is 16.4. The molecular weight excluding hydrogens is 316 g/mol. The van der Waals surface area contributed by atoms with Gasteiger partial charge in [-0.1, -0.05) is 6.07 Å². The first-order chi connectivity index (χ1) is 11.0. The monoisotopic (exact) mass is 338 g/mol. The zero-order valence-corrected chi connectivity index (χ0v) is 14.1. The van der Waals surface area contributed by atoms with Gasteiger partial charge in [0.1, 0.15) is 0 Å². The number of ether oxygens (including phenoxy) is 1. The van der Waals surface area contributed by atoms with Crippen molar-refractivity contribution in [3.8, 4) is 0 Å². The number of methoxy groups -OCH3 is 1. The van der Waals surface area contributed by atoms with Crippen molar-refractivity contribution in [3.63, 3.8) is 0 Å². The molecule has 23 heavy (non-hydrogen) atoms. The van der Waals surface area contributed by atoms with E-state index in [1.54, 1.807) is 19.2 Å². The number of carbonyl (C=O) groups excluding carboxylic acids is 1. The van der Waals surface area contributed by atoms with Crippen LogP contribution in [0, 0.1) is 5.92 Å². The fraction of sp³-hybridized carbons (Fsp3) is 0.562. The smallest absolute Gasteiger partial charge is 0.251 e. The van der Waals surface area contributed by atoms with Gasteiger partial charge in [0.25, 0.3) is 5.91 Å². The van der Waals surface area contributed by atoms with Crippen LogP contribution in [0.25, 0.3) is 0 Å². The van der Waals surface area contributed by atoms with E-state index in [4.69, 9.17) is 4.74 Å². The van der Waals surface area contributed by atoms with Gasteiger partial charge in [-0.3, -0.25) is 4.79 Å². The fourth-order valence-corrected chi connectivity index (χ4v) is 4.75. The largest absolute Gasteiger partial charge is 0.384 e. The van der Waals surface area contributed by atoms with Crippen LogP contribution in [0.2, 0.25) is 0 Å². The molecule has 0 spiro atoms. The highest BCUT2D eigenvalue weighted by Crippen LogP contribution is 2.26. The van der Waals surface area contributed by atoms with E-state index in [0.29, 0.717) is 37.7 Å². The van der Waals surface area contributed by atoms with Crippen molar-refractivity contribution in [2.45, 2.75) is 24.2 Å². The minimum atomic E-state index is -3.54. The SMILES string of the molecule is COCC1CCN(S(=O)(=O)c2ccc3c(c2)C(=O)NCC3)CC1. The van der Waals surface area contributed by atoms with Crippen LogP contribution < -0.4 is 5.32 Å². The van der Waals surface area contributed by atoms with Gasteiger partial charge in [-0.05, 0) is 42.9 Å². The number of hydrogen-bond donors (Lipinski definition) is 1. The molecule has 1 aromatic carbocycles. The predicted octanol–water partition coefficient (Wildman–Crippen LogP) is 1.02. The first-order valence-corrected chi connectivity index (χ1v) is 9.36. The summed E-state index contributed by atoms with van der Waals surface area (Å²) in [4.78, 5) is 12.1. The van der Waals surface area contributed by atoms with Crippen LogP contribution >= 0.6 is 0 Å². The van der Waals surface area contributed by atoms with Gasteiger partial charge in [-0.2, -0.15) is 4.31 Å². The summed E-state index contributed by atoms with van der Waals surface area (Å²) in [6.07, 6.45) is 2.35. The van der Waals surface area contributed by atoms with Crippen LogP contribution in [0.15, 0.2) is 23.1 Å². The maximum atomic E-state index is 12.8. The van der Waals surface area contributed by atoms with Crippen LogP contribution in [-0.2, 0) is 21.2 Å². The second-order valence-corrected chi connectivity index (χ2v) is 8.07. The van der Waals surface area contributed by atoms with E-state index in [-0.39, 0.29) is 10.8 Å². The maximum Gasteiger partial charge on any atom is 0.251 e. The van der Waals surface area contributed by atoms with Crippen molar-refractivity contribution in [2.24, 2.45) is 5.92 Å². The summed E-state index contributed by atoms with van der Waals surface area (Å²) >= 11 is 0. The van der Waals surface area contributed by atoms with E-state index in [1.165, 1.54) is 10.4 Å². The number of fused-ring (bicyclic) bond motifs is 1. The summed E-state index contributed by atoms with van der Waals surface area (Å²) in [6.45, 7) is 2.27. The number of rotatable bonds is 4. The normalized spacial score (nSPS) is 20.1. The molecule has 0 saturated carbocycles. The number of nitrogens with zero attached hydrogens (tertiary/aromatic N) is 1. The zero-order chi connectivity index (χ0) is 16.4. The summed E-state index contributed by atoms with van der Waals surface area (Å²) in [6, 6.07) is 4.90. The summed E-state index contributed by atoms with van der Waals surface area (Å²) < 4.78 is 32.3. The Morgan fingerprint density at radius 3 is 2.74 bits per heavy atom. The molecule has 3 rings (SSSR count). The molecule has 1 aromatic rings. The highest BCUT2D eigenvalue weighted by molar-refractivity contribution is 7.89. The molecule has 0 aliphatic carbocycles. The Bertz CT molecular complexity index is 694. The van der Waals surface area contributed by atoms with Gasteiger partial charge in [-0.15, -0.1) is 0 Å². The molecule has 2 aliphatic rings. The highest BCUT2D eigenvalue weighted by atomic mass is 32.2. The molecule has 126 valence electrons. The third-order valence-corrected chi connectivity index (χ3v) is 6.51. The Labute approximate surface area is 136 Å². The number of nitrogens with one attached hydrogen (secondary N) is 1. The standard InChI is InChI=1S/C16H22N2O4S/c1-22-11-12-5-8-18(9-6-12)23(20,21)14-3-2-13-4-7-17-16(19)15(13)10-14/h2-3,10,12H,4-9,11H2,1H3,(H,17,19). The average molecular weight is 338 g/mol. The van der Waals surface area contributed by atoms with Gasteiger partial charge in [0.2, 0.25) is 10.0 Å². The molecule has 0 unspecified atom stereocenters. The van der Waals surface area contributed by atoms with Crippen LogP contribution in [0.4, 0.5) is 0 Å². The van der Waals surface area contributed by atoms with E-state index < -0.39 is 10.0 Å². The van der Waals surface area contributed by atoms with E-state index >= 15 is 0 Å². The van der Waals surface area contributed by atoms with Gasteiger partial charge < -0.3 is 10.1 Å². The first-order valence-electron chi connectivity index (χ1n) is 7.92. The van der Waals surface area contributed by atoms with Gasteiger partial charge >= 0.3 is 0 Å². The Morgan fingerprint density at radius 1 is 1.30 bits per heavy atom. The number of amides is 1. The molecule has 2 aliphatic heterocycles. The van der Waals surface area contributed by atoms with Crippen molar-refractivity contribution in [1.82, 2.24) is 9.62 Å². The van der Waals surface area contributed by atoms with Crippen LogP contribution in [-0.4, -0.2) is 52.0 Å². The van der Waals surface area contributed by atoms with Crippen LogP contribution in [0.5, 0.6) is 0 Å². The lowest BCUT2D eigenvalue weighted by molar-refractivity contribution is 0.0945. The molecule has 0 bridgehead atoms. The van der Waals surface area contributed by atoms with E-state index in [9.17, 15) is 13.2 Å². The molecule has 1 amide bonds. The van der Waals surface area contributed by atoms with Crippen molar-refractivity contribution in [2.75, 3.05) is 33.4 Å². The summed E-state index contributed by atoms with van der Waals surface area (Å²) in [5.41, 5.74) is 1.39. The topological polar surface area (TPSA) is 75.7 Å². The number of sulfonamides is 1. The van der Waals surface area contributed by atoms with Crippen molar-refractivity contribution in [3.05, 3.63) is 29.3 Å². The molecule has 0 atom stereocenters. The predicted molar refractivity (Wildman–Crippen MR) is 85.8 cm³/mol.